The van der Waals surface area contributed by atoms with E-state index in [1.807, 2.05) is 54.6 Å². The van der Waals surface area contributed by atoms with Crippen LogP contribution in [0, 0.1) is 0 Å². The Labute approximate surface area is 173 Å². The quantitative estimate of drug-likeness (QED) is 0.649. The zero-order valence-electron chi connectivity index (χ0n) is 17.4. The van der Waals surface area contributed by atoms with Crippen molar-refractivity contribution in [1.29, 1.82) is 0 Å². The maximum Gasteiger partial charge on any atom is 0.251 e. The highest BCUT2D eigenvalue weighted by atomic mass is 16.2. The third-order valence-corrected chi connectivity index (χ3v) is 5.25. The lowest BCUT2D eigenvalue weighted by molar-refractivity contribution is -0.123. The first-order valence-corrected chi connectivity index (χ1v) is 10.5. The normalized spacial score (nSPS) is 14.1. The van der Waals surface area contributed by atoms with Gasteiger partial charge in [0.05, 0.1) is 0 Å². The Kier molecular flexibility index (Phi) is 7.28. The summed E-state index contributed by atoms with van der Waals surface area (Å²) in [5.41, 5.74) is 2.67. The van der Waals surface area contributed by atoms with Crippen LogP contribution in [0.4, 0.5) is 5.69 Å². The molecule has 0 aliphatic heterocycles. The maximum absolute atomic E-state index is 12.8. The lowest BCUT2D eigenvalue weighted by atomic mass is 10.0. The third-order valence-electron chi connectivity index (χ3n) is 5.25. The highest BCUT2D eigenvalue weighted by Crippen LogP contribution is 2.19. The van der Waals surface area contributed by atoms with E-state index in [1.54, 1.807) is 0 Å². The minimum absolute atomic E-state index is 0.111. The van der Waals surface area contributed by atoms with Crippen LogP contribution in [0.25, 0.3) is 0 Å². The molecule has 3 rings (SSSR count). The van der Waals surface area contributed by atoms with Crippen molar-refractivity contribution in [2.75, 3.05) is 18.5 Å². The van der Waals surface area contributed by atoms with E-state index in [1.165, 1.54) is 0 Å². The third kappa shape index (κ3) is 6.34. The van der Waals surface area contributed by atoms with E-state index in [2.05, 4.69) is 29.5 Å². The smallest absolute Gasteiger partial charge is 0.251 e. The molecule has 1 saturated carbocycles. The summed E-state index contributed by atoms with van der Waals surface area (Å²) in [6.45, 7) is 3.16. The first-order valence-electron chi connectivity index (χ1n) is 10.5. The van der Waals surface area contributed by atoms with Crippen molar-refractivity contribution in [1.82, 2.24) is 10.6 Å². The summed E-state index contributed by atoms with van der Waals surface area (Å²) < 4.78 is 0. The molecule has 0 aromatic heterocycles. The van der Waals surface area contributed by atoms with Crippen molar-refractivity contribution >= 4 is 17.5 Å². The van der Waals surface area contributed by atoms with E-state index in [0.29, 0.717) is 12.0 Å². The molecule has 1 aliphatic carbocycles. The Morgan fingerprint density at radius 2 is 1.76 bits per heavy atom. The Morgan fingerprint density at radius 1 is 1.07 bits per heavy atom. The van der Waals surface area contributed by atoms with Crippen molar-refractivity contribution in [2.24, 2.45) is 0 Å². The van der Waals surface area contributed by atoms with Gasteiger partial charge >= 0.3 is 0 Å². The molecule has 0 spiro atoms. The van der Waals surface area contributed by atoms with Gasteiger partial charge in [-0.1, -0.05) is 43.7 Å². The second-order valence-corrected chi connectivity index (χ2v) is 7.82. The largest absolute Gasteiger partial charge is 0.375 e. The van der Waals surface area contributed by atoms with Crippen molar-refractivity contribution in [3.05, 3.63) is 65.7 Å². The molecule has 154 valence electrons. The summed E-state index contributed by atoms with van der Waals surface area (Å²) in [6, 6.07) is 17.0. The molecular weight excluding hydrogens is 362 g/mol. The molecule has 1 unspecified atom stereocenters. The number of unbranched alkanes of at least 4 members (excludes halogenated alkanes) is 1. The van der Waals surface area contributed by atoms with Crippen LogP contribution in [0.15, 0.2) is 54.6 Å². The summed E-state index contributed by atoms with van der Waals surface area (Å²) in [5.74, 6) is -0.333. The van der Waals surface area contributed by atoms with Crippen LogP contribution < -0.4 is 15.5 Å². The van der Waals surface area contributed by atoms with Crippen molar-refractivity contribution in [3.8, 4) is 0 Å². The number of hydrogen-bond acceptors (Lipinski definition) is 3. The van der Waals surface area contributed by atoms with Crippen LogP contribution in [0.3, 0.4) is 0 Å². The lowest BCUT2D eigenvalue weighted by Gasteiger charge is -2.20. The molecule has 29 heavy (non-hydrogen) atoms. The predicted octanol–water partition coefficient (Wildman–Crippen LogP) is 3.54. The molecular formula is C24H31N3O2. The number of amides is 2. The fourth-order valence-electron chi connectivity index (χ4n) is 3.22. The first kappa shape index (κ1) is 20.9. The van der Waals surface area contributed by atoms with E-state index in [9.17, 15) is 9.59 Å². The fraction of sp³-hybridized carbons (Fsp3) is 0.417. The maximum atomic E-state index is 12.8. The molecule has 5 nitrogen and oxygen atoms in total. The number of rotatable bonds is 10. The SMILES string of the molecule is CCCCN(C)c1ccc(C(=O)NC(Cc2ccccc2)C(=O)NC2CC2)cc1. The molecule has 2 N–H and O–H groups in total. The molecule has 2 aromatic carbocycles. The topological polar surface area (TPSA) is 61.4 Å². The van der Waals surface area contributed by atoms with Gasteiger partial charge in [-0.2, -0.15) is 0 Å². The number of benzene rings is 2. The summed E-state index contributed by atoms with van der Waals surface area (Å²) in [4.78, 5) is 27.7. The number of anilines is 1. The van der Waals surface area contributed by atoms with Crippen molar-refractivity contribution < 1.29 is 9.59 Å². The zero-order chi connectivity index (χ0) is 20.6. The van der Waals surface area contributed by atoms with Gasteiger partial charge in [-0.15, -0.1) is 0 Å². The Hall–Kier alpha value is -2.82. The van der Waals surface area contributed by atoms with Crippen LogP contribution >= 0.6 is 0 Å². The van der Waals surface area contributed by atoms with E-state index in [-0.39, 0.29) is 17.9 Å². The van der Waals surface area contributed by atoms with Crippen molar-refractivity contribution in [3.63, 3.8) is 0 Å². The fourth-order valence-corrected chi connectivity index (χ4v) is 3.22. The van der Waals surface area contributed by atoms with E-state index in [0.717, 1.165) is 43.5 Å². The molecule has 0 heterocycles. The Balaban J connectivity index is 1.65. The van der Waals surface area contributed by atoms with Crippen LogP contribution in [0.5, 0.6) is 0 Å². The average molecular weight is 394 g/mol. The Morgan fingerprint density at radius 3 is 2.38 bits per heavy atom. The predicted molar refractivity (Wildman–Crippen MR) is 117 cm³/mol. The molecule has 1 aliphatic rings. The summed E-state index contributed by atoms with van der Waals surface area (Å²) in [5, 5.41) is 5.95. The van der Waals surface area contributed by atoms with E-state index >= 15 is 0 Å². The number of hydrogen-bond donors (Lipinski definition) is 2. The van der Waals surface area contributed by atoms with Gasteiger partial charge in [-0.25, -0.2) is 0 Å². The average Bonchev–Trinajstić information content (AvgIpc) is 3.56. The molecule has 0 radical (unpaired) electrons. The first-order chi connectivity index (χ1) is 14.1. The summed E-state index contributed by atoms with van der Waals surface area (Å²) in [7, 11) is 2.06. The summed E-state index contributed by atoms with van der Waals surface area (Å²) in [6.07, 6.45) is 4.80. The number of nitrogens with one attached hydrogen (secondary N) is 2. The molecule has 1 atom stereocenters. The molecule has 0 saturated heterocycles. The number of carbonyl (C=O) groups excluding carboxylic acids is 2. The van der Waals surface area contributed by atoms with Crippen LogP contribution in [-0.2, 0) is 11.2 Å². The molecule has 0 bridgehead atoms. The van der Waals surface area contributed by atoms with Gasteiger partial charge in [0.2, 0.25) is 5.91 Å². The Bertz CT molecular complexity index is 801. The number of carbonyl (C=O) groups is 2. The monoisotopic (exact) mass is 393 g/mol. The molecule has 1 fully saturated rings. The van der Waals surface area contributed by atoms with Gasteiger partial charge in [0.15, 0.2) is 0 Å². The van der Waals surface area contributed by atoms with Crippen LogP contribution in [0.1, 0.15) is 48.5 Å². The van der Waals surface area contributed by atoms with Crippen LogP contribution in [-0.4, -0.2) is 37.5 Å². The summed E-state index contributed by atoms with van der Waals surface area (Å²) >= 11 is 0. The lowest BCUT2D eigenvalue weighted by Crippen LogP contribution is -2.48. The van der Waals surface area contributed by atoms with Crippen LogP contribution in [0.2, 0.25) is 0 Å². The van der Waals surface area contributed by atoms with Gasteiger partial charge in [0.25, 0.3) is 5.91 Å². The standard InChI is InChI=1S/C24H31N3O2/c1-3-4-16-27(2)21-14-10-19(11-15-21)23(28)26-22(24(29)25-20-12-13-20)17-18-8-6-5-7-9-18/h5-11,14-15,20,22H,3-4,12-13,16-17H2,1-2H3,(H,25,29)(H,26,28). The van der Waals surface area contributed by atoms with Gasteiger partial charge in [0, 0.05) is 37.3 Å². The zero-order valence-corrected chi connectivity index (χ0v) is 17.4. The van der Waals surface area contributed by atoms with E-state index in [4.69, 9.17) is 0 Å². The molecule has 2 aromatic rings. The van der Waals surface area contributed by atoms with E-state index < -0.39 is 6.04 Å². The molecule has 2 amide bonds. The minimum Gasteiger partial charge on any atom is -0.375 e. The minimum atomic E-state index is -0.586. The molecule has 5 heteroatoms. The second-order valence-electron chi connectivity index (χ2n) is 7.82. The van der Waals surface area contributed by atoms with Gasteiger partial charge < -0.3 is 15.5 Å². The highest BCUT2D eigenvalue weighted by Gasteiger charge is 2.28. The highest BCUT2D eigenvalue weighted by molar-refractivity contribution is 5.98. The van der Waals surface area contributed by atoms with Gasteiger partial charge in [0.1, 0.15) is 6.04 Å². The second kappa shape index (κ2) is 10.1. The van der Waals surface area contributed by atoms with Crippen molar-refractivity contribution in [2.45, 2.75) is 51.1 Å². The van der Waals surface area contributed by atoms with Gasteiger partial charge in [-0.05, 0) is 49.1 Å². The number of nitrogens with zero attached hydrogens (tertiary/aromatic N) is 1. The van der Waals surface area contributed by atoms with Gasteiger partial charge in [-0.3, -0.25) is 9.59 Å².